The number of likely N-dealkylation sites (N-methyl/N-ethyl adjacent to an activating group) is 1. The third-order valence-electron chi connectivity index (χ3n) is 2.86. The SMILES string of the molecule is CCNC(Cc1csc(C)n1)c1cc(Cl)ccc1F. The van der Waals surface area contributed by atoms with Gasteiger partial charge in [-0.15, -0.1) is 11.3 Å². The Bertz CT molecular complexity index is 556. The molecule has 0 amide bonds. The average molecular weight is 299 g/mol. The van der Waals surface area contributed by atoms with Gasteiger partial charge in [0.25, 0.3) is 0 Å². The van der Waals surface area contributed by atoms with Crippen LogP contribution in [0.1, 0.15) is 29.2 Å². The van der Waals surface area contributed by atoms with Gasteiger partial charge in [0.1, 0.15) is 5.82 Å². The molecule has 0 fully saturated rings. The lowest BCUT2D eigenvalue weighted by Gasteiger charge is -2.18. The first-order valence-electron chi connectivity index (χ1n) is 6.19. The average Bonchev–Trinajstić information content (AvgIpc) is 2.77. The van der Waals surface area contributed by atoms with Crippen LogP contribution >= 0.6 is 22.9 Å². The van der Waals surface area contributed by atoms with Gasteiger partial charge in [0.05, 0.1) is 10.7 Å². The largest absolute Gasteiger partial charge is 0.310 e. The predicted octanol–water partition coefficient (Wildman–Crippen LogP) is 4.14. The van der Waals surface area contributed by atoms with Crippen molar-refractivity contribution in [3.05, 3.63) is 50.7 Å². The van der Waals surface area contributed by atoms with E-state index in [4.69, 9.17) is 11.6 Å². The monoisotopic (exact) mass is 298 g/mol. The zero-order valence-electron chi connectivity index (χ0n) is 10.9. The lowest BCUT2D eigenvalue weighted by atomic mass is 10.0. The Morgan fingerprint density at radius 3 is 2.89 bits per heavy atom. The van der Waals surface area contributed by atoms with Crippen LogP contribution in [0.15, 0.2) is 23.6 Å². The molecule has 1 aromatic heterocycles. The number of aryl methyl sites for hydroxylation is 1. The van der Waals surface area contributed by atoms with Crippen molar-refractivity contribution in [1.82, 2.24) is 10.3 Å². The number of nitrogens with one attached hydrogen (secondary N) is 1. The van der Waals surface area contributed by atoms with Gasteiger partial charge in [-0.2, -0.15) is 0 Å². The van der Waals surface area contributed by atoms with E-state index in [1.165, 1.54) is 6.07 Å². The Hall–Kier alpha value is -0.970. The topological polar surface area (TPSA) is 24.9 Å². The highest BCUT2D eigenvalue weighted by Crippen LogP contribution is 2.25. The normalized spacial score (nSPS) is 12.6. The lowest BCUT2D eigenvalue weighted by Crippen LogP contribution is -2.24. The smallest absolute Gasteiger partial charge is 0.128 e. The van der Waals surface area contributed by atoms with Crippen molar-refractivity contribution in [2.45, 2.75) is 26.3 Å². The first kappa shape index (κ1) is 14.4. The maximum Gasteiger partial charge on any atom is 0.128 e. The number of rotatable bonds is 5. The summed E-state index contributed by atoms with van der Waals surface area (Å²) in [6, 6.07) is 4.55. The van der Waals surface area contributed by atoms with Gasteiger partial charge in [0.15, 0.2) is 0 Å². The lowest BCUT2D eigenvalue weighted by molar-refractivity contribution is 0.507. The zero-order valence-corrected chi connectivity index (χ0v) is 12.5. The molecule has 0 spiro atoms. The van der Waals surface area contributed by atoms with E-state index in [1.54, 1.807) is 23.5 Å². The molecule has 1 N–H and O–H groups in total. The molecule has 0 aliphatic heterocycles. The van der Waals surface area contributed by atoms with E-state index in [0.717, 1.165) is 17.2 Å². The van der Waals surface area contributed by atoms with Crippen LogP contribution in [0, 0.1) is 12.7 Å². The molecule has 1 aromatic carbocycles. The number of hydrogen-bond acceptors (Lipinski definition) is 3. The van der Waals surface area contributed by atoms with Crippen molar-refractivity contribution < 1.29 is 4.39 Å². The molecular weight excluding hydrogens is 283 g/mol. The highest BCUT2D eigenvalue weighted by molar-refractivity contribution is 7.09. The second-order valence-corrected chi connectivity index (χ2v) is 5.84. The van der Waals surface area contributed by atoms with Gasteiger partial charge in [-0.1, -0.05) is 18.5 Å². The Kier molecular flexibility index (Phi) is 4.91. The molecule has 0 aliphatic carbocycles. The van der Waals surface area contributed by atoms with E-state index in [-0.39, 0.29) is 11.9 Å². The van der Waals surface area contributed by atoms with Crippen LogP contribution in [0.4, 0.5) is 4.39 Å². The summed E-state index contributed by atoms with van der Waals surface area (Å²) in [5, 5.41) is 6.88. The van der Waals surface area contributed by atoms with E-state index in [2.05, 4.69) is 10.3 Å². The van der Waals surface area contributed by atoms with E-state index >= 15 is 0 Å². The minimum Gasteiger partial charge on any atom is -0.310 e. The molecule has 0 radical (unpaired) electrons. The van der Waals surface area contributed by atoms with Crippen molar-refractivity contribution in [3.63, 3.8) is 0 Å². The summed E-state index contributed by atoms with van der Waals surface area (Å²) in [6.45, 7) is 4.73. The Balaban J connectivity index is 2.26. The van der Waals surface area contributed by atoms with Gasteiger partial charge in [-0.3, -0.25) is 0 Å². The Labute approximate surface area is 121 Å². The fraction of sp³-hybridized carbons (Fsp3) is 0.357. The van der Waals surface area contributed by atoms with E-state index in [1.807, 2.05) is 19.2 Å². The molecule has 0 aliphatic rings. The van der Waals surface area contributed by atoms with Crippen molar-refractivity contribution in [3.8, 4) is 0 Å². The quantitative estimate of drug-likeness (QED) is 0.897. The Morgan fingerprint density at radius 2 is 2.26 bits per heavy atom. The molecule has 2 rings (SSSR count). The van der Waals surface area contributed by atoms with Gasteiger partial charge in [0, 0.05) is 28.4 Å². The van der Waals surface area contributed by atoms with E-state index < -0.39 is 0 Å². The molecule has 0 bridgehead atoms. The minimum absolute atomic E-state index is 0.106. The van der Waals surface area contributed by atoms with Crippen molar-refractivity contribution in [2.75, 3.05) is 6.54 Å². The zero-order chi connectivity index (χ0) is 13.8. The third kappa shape index (κ3) is 3.75. The van der Waals surface area contributed by atoms with Crippen molar-refractivity contribution in [2.24, 2.45) is 0 Å². The molecule has 1 atom stereocenters. The molecule has 19 heavy (non-hydrogen) atoms. The molecular formula is C14H16ClFN2S. The van der Waals surface area contributed by atoms with Crippen LogP contribution < -0.4 is 5.32 Å². The second-order valence-electron chi connectivity index (χ2n) is 4.34. The summed E-state index contributed by atoms with van der Waals surface area (Å²) >= 11 is 7.57. The number of hydrogen-bond donors (Lipinski definition) is 1. The standard InChI is InChI=1S/C14H16ClFN2S/c1-3-17-14(7-11-8-19-9(2)18-11)12-6-10(15)4-5-13(12)16/h4-6,8,14,17H,3,7H2,1-2H3. The fourth-order valence-corrected chi connectivity index (χ4v) is 2.84. The summed E-state index contributed by atoms with van der Waals surface area (Å²) in [5.41, 5.74) is 1.58. The highest BCUT2D eigenvalue weighted by atomic mass is 35.5. The third-order valence-corrected chi connectivity index (χ3v) is 3.92. The summed E-state index contributed by atoms with van der Waals surface area (Å²) < 4.78 is 13.9. The maximum atomic E-state index is 13.9. The number of benzene rings is 1. The fourth-order valence-electron chi connectivity index (χ4n) is 2.03. The number of thiazole rings is 1. The molecule has 1 heterocycles. The van der Waals surface area contributed by atoms with Crippen LogP contribution in [0.5, 0.6) is 0 Å². The highest BCUT2D eigenvalue weighted by Gasteiger charge is 2.17. The molecule has 0 saturated carbocycles. The van der Waals surface area contributed by atoms with Gasteiger partial charge < -0.3 is 5.32 Å². The molecule has 1 unspecified atom stereocenters. The summed E-state index contributed by atoms with van der Waals surface area (Å²) in [5.74, 6) is -0.234. The maximum absolute atomic E-state index is 13.9. The van der Waals surface area contributed by atoms with Gasteiger partial charge in [-0.25, -0.2) is 9.37 Å². The summed E-state index contributed by atoms with van der Waals surface area (Å²) in [6.07, 6.45) is 0.662. The van der Waals surface area contributed by atoms with Gasteiger partial charge >= 0.3 is 0 Å². The molecule has 2 nitrogen and oxygen atoms in total. The molecule has 2 aromatic rings. The number of nitrogens with zero attached hydrogens (tertiary/aromatic N) is 1. The Morgan fingerprint density at radius 1 is 1.47 bits per heavy atom. The molecule has 5 heteroatoms. The minimum atomic E-state index is -0.234. The number of halogens is 2. The first-order chi connectivity index (χ1) is 9.10. The number of aromatic nitrogens is 1. The van der Waals surface area contributed by atoms with E-state index in [9.17, 15) is 4.39 Å². The first-order valence-corrected chi connectivity index (χ1v) is 7.45. The van der Waals surface area contributed by atoms with Crippen molar-refractivity contribution >= 4 is 22.9 Å². The second kappa shape index (κ2) is 6.46. The summed E-state index contributed by atoms with van der Waals surface area (Å²) in [7, 11) is 0. The van der Waals surface area contributed by atoms with Crippen LogP contribution in [-0.4, -0.2) is 11.5 Å². The van der Waals surface area contributed by atoms with Crippen LogP contribution in [0.3, 0.4) is 0 Å². The van der Waals surface area contributed by atoms with Gasteiger partial charge in [-0.05, 0) is 31.7 Å². The van der Waals surface area contributed by atoms with E-state index in [0.29, 0.717) is 17.0 Å². The predicted molar refractivity (Wildman–Crippen MR) is 78.4 cm³/mol. The summed E-state index contributed by atoms with van der Waals surface area (Å²) in [4.78, 5) is 4.43. The molecule has 102 valence electrons. The molecule has 0 saturated heterocycles. The van der Waals surface area contributed by atoms with Gasteiger partial charge in [0.2, 0.25) is 0 Å². The van der Waals surface area contributed by atoms with Crippen LogP contribution in [-0.2, 0) is 6.42 Å². The van der Waals surface area contributed by atoms with Crippen LogP contribution in [0.2, 0.25) is 5.02 Å². The van der Waals surface area contributed by atoms with Crippen LogP contribution in [0.25, 0.3) is 0 Å². The van der Waals surface area contributed by atoms with Crippen molar-refractivity contribution in [1.29, 1.82) is 0 Å².